The van der Waals surface area contributed by atoms with Gasteiger partial charge in [-0.15, -0.1) is 0 Å². The second-order valence-electron chi connectivity index (χ2n) is 7.78. The molecule has 1 saturated heterocycles. The van der Waals surface area contributed by atoms with Crippen molar-refractivity contribution < 1.29 is 13.6 Å². The molecular formula is C23H22F2N6O. The van der Waals surface area contributed by atoms with Crippen molar-refractivity contribution in [1.82, 2.24) is 15.1 Å². The first-order chi connectivity index (χ1) is 15.4. The van der Waals surface area contributed by atoms with E-state index in [-0.39, 0.29) is 11.3 Å². The van der Waals surface area contributed by atoms with Crippen LogP contribution in [0.3, 0.4) is 0 Å². The molecule has 164 valence electrons. The SMILES string of the molecule is Cc1c(F)ccc(N2CCN(C)CC2)c1NC(=O)/C=C/c1cc2[nH]nc(C#N)c2cc1F. The maximum absolute atomic E-state index is 14.5. The summed E-state index contributed by atoms with van der Waals surface area (Å²) in [5.74, 6) is -1.50. The van der Waals surface area contributed by atoms with Crippen LogP contribution >= 0.6 is 0 Å². The van der Waals surface area contributed by atoms with E-state index in [1.807, 2.05) is 13.1 Å². The molecule has 7 nitrogen and oxygen atoms in total. The Hall–Kier alpha value is -3.77. The van der Waals surface area contributed by atoms with Gasteiger partial charge in [-0.25, -0.2) is 8.78 Å². The summed E-state index contributed by atoms with van der Waals surface area (Å²) < 4.78 is 28.7. The molecule has 2 heterocycles. The topological polar surface area (TPSA) is 88.0 Å². The molecule has 1 fully saturated rings. The molecule has 3 aromatic rings. The lowest BCUT2D eigenvalue weighted by Gasteiger charge is -2.35. The number of hydrogen-bond donors (Lipinski definition) is 2. The number of aromatic amines is 1. The Labute approximate surface area is 183 Å². The summed E-state index contributed by atoms with van der Waals surface area (Å²) in [7, 11) is 2.04. The summed E-state index contributed by atoms with van der Waals surface area (Å²) in [5.41, 5.74) is 2.26. The van der Waals surface area contributed by atoms with Gasteiger partial charge in [0.15, 0.2) is 5.69 Å². The van der Waals surface area contributed by atoms with E-state index in [0.717, 1.165) is 31.9 Å². The van der Waals surface area contributed by atoms with Crippen LogP contribution in [0.4, 0.5) is 20.2 Å². The second-order valence-corrected chi connectivity index (χ2v) is 7.78. The van der Waals surface area contributed by atoms with E-state index in [2.05, 4.69) is 25.3 Å². The number of nitriles is 1. The van der Waals surface area contributed by atoms with Gasteiger partial charge in [-0.1, -0.05) is 0 Å². The smallest absolute Gasteiger partial charge is 0.248 e. The van der Waals surface area contributed by atoms with Gasteiger partial charge in [0, 0.05) is 48.8 Å². The number of H-pyrrole nitrogens is 1. The number of piperazine rings is 1. The van der Waals surface area contributed by atoms with Gasteiger partial charge in [-0.2, -0.15) is 10.4 Å². The summed E-state index contributed by atoms with van der Waals surface area (Å²) >= 11 is 0. The van der Waals surface area contributed by atoms with Crippen LogP contribution < -0.4 is 10.2 Å². The lowest BCUT2D eigenvalue weighted by Crippen LogP contribution is -2.44. The van der Waals surface area contributed by atoms with Crippen molar-refractivity contribution in [3.63, 3.8) is 0 Å². The lowest BCUT2D eigenvalue weighted by molar-refractivity contribution is -0.111. The Morgan fingerprint density at radius 1 is 1.22 bits per heavy atom. The number of nitrogens with zero attached hydrogens (tertiary/aromatic N) is 4. The van der Waals surface area contributed by atoms with Crippen molar-refractivity contribution in [2.45, 2.75) is 6.92 Å². The Balaban J connectivity index is 1.57. The first-order valence-corrected chi connectivity index (χ1v) is 10.2. The Bertz CT molecular complexity index is 1250. The number of aromatic nitrogens is 2. The predicted octanol–water partition coefficient (Wildman–Crippen LogP) is 3.42. The van der Waals surface area contributed by atoms with Crippen LogP contribution in [0.15, 0.2) is 30.3 Å². The van der Waals surface area contributed by atoms with E-state index < -0.39 is 17.5 Å². The first kappa shape index (κ1) is 21.5. The molecule has 2 aromatic carbocycles. The molecule has 1 aliphatic rings. The van der Waals surface area contributed by atoms with E-state index >= 15 is 0 Å². The summed E-state index contributed by atoms with van der Waals surface area (Å²) in [4.78, 5) is 17.0. The molecule has 1 aromatic heterocycles. The zero-order valence-corrected chi connectivity index (χ0v) is 17.7. The second kappa shape index (κ2) is 8.77. The largest absolute Gasteiger partial charge is 0.367 e. The van der Waals surface area contributed by atoms with Crippen molar-refractivity contribution in [3.05, 3.63) is 58.8 Å². The molecule has 0 atom stereocenters. The van der Waals surface area contributed by atoms with Gasteiger partial charge in [0.05, 0.1) is 16.9 Å². The fourth-order valence-electron chi connectivity index (χ4n) is 3.74. The summed E-state index contributed by atoms with van der Waals surface area (Å²) in [6, 6.07) is 7.65. The van der Waals surface area contributed by atoms with Crippen LogP contribution in [-0.2, 0) is 4.79 Å². The van der Waals surface area contributed by atoms with Crippen molar-refractivity contribution in [2.24, 2.45) is 0 Å². The molecule has 0 unspecified atom stereocenters. The van der Waals surface area contributed by atoms with Gasteiger partial charge in [-0.3, -0.25) is 9.89 Å². The monoisotopic (exact) mass is 436 g/mol. The molecular weight excluding hydrogens is 414 g/mol. The standard InChI is InChI=1S/C23H22F2N6O/c1-14-17(24)4-5-21(31-9-7-30(2)8-10-31)23(14)27-22(32)6-3-15-11-19-16(12-18(15)25)20(13-26)29-28-19/h3-6,11-12H,7-10H2,1-2H3,(H,27,32)(H,28,29)/b6-3+. The Kier molecular flexibility index (Phi) is 5.88. The summed E-state index contributed by atoms with van der Waals surface area (Å²) in [6.07, 6.45) is 2.53. The molecule has 1 amide bonds. The average molecular weight is 436 g/mol. The van der Waals surface area contributed by atoms with Crippen molar-refractivity contribution in [3.8, 4) is 6.07 Å². The molecule has 9 heteroatoms. The minimum absolute atomic E-state index is 0.102. The maximum atomic E-state index is 14.5. The number of carbonyl (C=O) groups is 1. The van der Waals surface area contributed by atoms with Crippen molar-refractivity contribution in [1.29, 1.82) is 5.26 Å². The predicted molar refractivity (Wildman–Crippen MR) is 119 cm³/mol. The molecule has 32 heavy (non-hydrogen) atoms. The minimum atomic E-state index is -0.584. The third-order valence-corrected chi connectivity index (χ3v) is 5.67. The van der Waals surface area contributed by atoms with Crippen molar-refractivity contribution >= 4 is 34.3 Å². The highest BCUT2D eigenvalue weighted by atomic mass is 19.1. The zero-order chi connectivity index (χ0) is 22.8. The number of amides is 1. The number of fused-ring (bicyclic) bond motifs is 1. The van der Waals surface area contributed by atoms with Crippen LogP contribution in [0, 0.1) is 29.9 Å². The highest BCUT2D eigenvalue weighted by Crippen LogP contribution is 2.32. The minimum Gasteiger partial charge on any atom is -0.367 e. The summed E-state index contributed by atoms with van der Waals surface area (Å²) in [6.45, 7) is 4.88. The zero-order valence-electron chi connectivity index (χ0n) is 17.7. The van der Waals surface area contributed by atoms with E-state index in [4.69, 9.17) is 5.26 Å². The van der Waals surface area contributed by atoms with E-state index in [1.165, 1.54) is 30.4 Å². The molecule has 0 aliphatic carbocycles. The number of halogens is 2. The molecule has 0 bridgehead atoms. The van der Waals surface area contributed by atoms with Gasteiger partial charge in [0.1, 0.15) is 17.7 Å². The number of anilines is 2. The van der Waals surface area contributed by atoms with Gasteiger partial charge < -0.3 is 15.1 Å². The van der Waals surface area contributed by atoms with Crippen LogP contribution in [0.1, 0.15) is 16.8 Å². The Morgan fingerprint density at radius 2 is 1.97 bits per heavy atom. The van der Waals surface area contributed by atoms with Crippen LogP contribution in [-0.4, -0.2) is 54.2 Å². The number of nitrogens with one attached hydrogen (secondary N) is 2. The molecule has 4 rings (SSSR count). The van der Waals surface area contributed by atoms with E-state index in [1.54, 1.807) is 13.0 Å². The van der Waals surface area contributed by atoms with Crippen molar-refractivity contribution in [2.75, 3.05) is 43.4 Å². The van der Waals surface area contributed by atoms with Crippen LogP contribution in [0.5, 0.6) is 0 Å². The van der Waals surface area contributed by atoms with Gasteiger partial charge in [-0.05, 0) is 44.3 Å². The Morgan fingerprint density at radius 3 is 2.69 bits per heavy atom. The van der Waals surface area contributed by atoms with Gasteiger partial charge in [0.2, 0.25) is 5.91 Å². The van der Waals surface area contributed by atoms with E-state index in [9.17, 15) is 13.6 Å². The molecule has 0 radical (unpaired) electrons. The molecule has 0 saturated carbocycles. The van der Waals surface area contributed by atoms with Gasteiger partial charge in [0.25, 0.3) is 0 Å². The number of rotatable bonds is 4. The number of carbonyl (C=O) groups excluding carboxylic acids is 1. The van der Waals surface area contributed by atoms with Crippen LogP contribution in [0.25, 0.3) is 17.0 Å². The third-order valence-electron chi connectivity index (χ3n) is 5.67. The number of likely N-dealkylation sites (N-methyl/N-ethyl adjacent to an activating group) is 1. The first-order valence-electron chi connectivity index (χ1n) is 10.2. The fraction of sp³-hybridized carbons (Fsp3) is 0.261. The highest BCUT2D eigenvalue weighted by Gasteiger charge is 2.20. The van der Waals surface area contributed by atoms with Crippen LogP contribution in [0.2, 0.25) is 0 Å². The number of hydrogen-bond acceptors (Lipinski definition) is 5. The van der Waals surface area contributed by atoms with Gasteiger partial charge >= 0.3 is 0 Å². The highest BCUT2D eigenvalue weighted by molar-refractivity contribution is 6.04. The number of benzene rings is 2. The third kappa shape index (κ3) is 4.18. The maximum Gasteiger partial charge on any atom is 0.248 e. The average Bonchev–Trinajstić information content (AvgIpc) is 3.18. The molecule has 2 N–H and O–H groups in total. The molecule has 1 aliphatic heterocycles. The fourth-order valence-corrected chi connectivity index (χ4v) is 3.74. The summed E-state index contributed by atoms with van der Waals surface area (Å²) in [5, 5.41) is 18.6. The molecule has 0 spiro atoms. The quantitative estimate of drug-likeness (QED) is 0.612. The van der Waals surface area contributed by atoms with E-state index in [0.29, 0.717) is 22.2 Å². The normalized spacial score (nSPS) is 14.8. The lowest BCUT2D eigenvalue weighted by atomic mass is 10.1.